The van der Waals surface area contributed by atoms with Crippen molar-refractivity contribution in [2.24, 2.45) is 0 Å². The van der Waals surface area contributed by atoms with Crippen molar-refractivity contribution in [3.63, 3.8) is 0 Å². The van der Waals surface area contributed by atoms with Crippen molar-refractivity contribution in [3.05, 3.63) is 53.9 Å². The standard InChI is InChI=1S/C22H24N4O3/c27-19-13-26(12-16-10-15-2-1-8-23-22(15)24-16)9-7-20(19)29-17-4-5-18-14(11-17)3-6-21(28)25-18/h1-2,4-5,8,10-11,19-20,27H,3,6-7,9,12-13H2,(H,23,24)(H,25,28)/t19-,20-/m1/s1. The monoisotopic (exact) mass is 392 g/mol. The summed E-state index contributed by atoms with van der Waals surface area (Å²) in [6.07, 6.45) is 2.98. The minimum atomic E-state index is -0.554. The Kier molecular flexibility index (Phi) is 4.69. The van der Waals surface area contributed by atoms with Gasteiger partial charge in [-0.2, -0.15) is 0 Å². The molecule has 4 heterocycles. The summed E-state index contributed by atoms with van der Waals surface area (Å²) in [7, 11) is 0. The Hall–Kier alpha value is -2.90. The lowest BCUT2D eigenvalue weighted by molar-refractivity contribution is -0.116. The molecule has 2 aliphatic rings. The van der Waals surface area contributed by atoms with E-state index in [0.29, 0.717) is 13.0 Å². The lowest BCUT2D eigenvalue weighted by Crippen LogP contribution is -2.48. The third kappa shape index (κ3) is 3.83. The number of rotatable bonds is 4. The molecule has 7 heteroatoms. The Morgan fingerprint density at radius 1 is 1.24 bits per heavy atom. The zero-order valence-electron chi connectivity index (χ0n) is 16.1. The maximum Gasteiger partial charge on any atom is 0.224 e. The van der Waals surface area contributed by atoms with Crippen LogP contribution >= 0.6 is 0 Å². The predicted molar refractivity (Wildman–Crippen MR) is 110 cm³/mol. The largest absolute Gasteiger partial charge is 0.488 e. The Morgan fingerprint density at radius 3 is 3.03 bits per heavy atom. The van der Waals surface area contributed by atoms with Crippen molar-refractivity contribution < 1.29 is 14.6 Å². The number of hydrogen-bond acceptors (Lipinski definition) is 5. The summed E-state index contributed by atoms with van der Waals surface area (Å²) in [6, 6.07) is 11.8. The number of aliphatic hydroxyl groups is 1. The Labute approximate surface area is 168 Å². The third-order valence-corrected chi connectivity index (χ3v) is 5.71. The summed E-state index contributed by atoms with van der Waals surface area (Å²) >= 11 is 0. The molecule has 0 aliphatic carbocycles. The lowest BCUT2D eigenvalue weighted by atomic mass is 10.0. The molecule has 0 unspecified atom stereocenters. The van der Waals surface area contributed by atoms with Crippen molar-refractivity contribution in [3.8, 4) is 5.75 Å². The average molecular weight is 392 g/mol. The number of ether oxygens (including phenoxy) is 1. The van der Waals surface area contributed by atoms with E-state index in [4.69, 9.17) is 4.74 Å². The number of aryl methyl sites for hydroxylation is 1. The second-order valence-electron chi connectivity index (χ2n) is 7.85. The zero-order chi connectivity index (χ0) is 19.8. The van der Waals surface area contributed by atoms with Gasteiger partial charge in [-0.1, -0.05) is 0 Å². The van der Waals surface area contributed by atoms with Gasteiger partial charge in [0.05, 0.1) is 0 Å². The number of pyridine rings is 1. The summed E-state index contributed by atoms with van der Waals surface area (Å²) in [5.74, 6) is 0.804. The predicted octanol–water partition coefficient (Wildman–Crippen LogP) is 2.46. The highest BCUT2D eigenvalue weighted by molar-refractivity contribution is 5.94. The van der Waals surface area contributed by atoms with E-state index in [2.05, 4.69) is 26.3 Å². The first-order valence-electron chi connectivity index (χ1n) is 10.1. The molecule has 29 heavy (non-hydrogen) atoms. The molecule has 0 spiro atoms. The number of piperidine rings is 1. The number of carbonyl (C=O) groups is 1. The van der Waals surface area contributed by atoms with Gasteiger partial charge in [-0.05, 0) is 54.8 Å². The van der Waals surface area contributed by atoms with Gasteiger partial charge >= 0.3 is 0 Å². The molecule has 1 saturated heterocycles. The first-order chi connectivity index (χ1) is 14.1. The van der Waals surface area contributed by atoms with Gasteiger partial charge in [0.15, 0.2) is 0 Å². The topological polar surface area (TPSA) is 90.5 Å². The van der Waals surface area contributed by atoms with Crippen LogP contribution in [0.4, 0.5) is 5.69 Å². The highest BCUT2D eigenvalue weighted by Gasteiger charge is 2.30. The van der Waals surface area contributed by atoms with Crippen LogP contribution in [0, 0.1) is 0 Å². The Morgan fingerprint density at radius 2 is 2.17 bits per heavy atom. The molecule has 2 atom stereocenters. The second kappa shape index (κ2) is 7.50. The number of nitrogens with zero attached hydrogens (tertiary/aromatic N) is 2. The summed E-state index contributed by atoms with van der Waals surface area (Å²) in [6.45, 7) is 2.17. The van der Waals surface area contributed by atoms with Crippen LogP contribution in [0.1, 0.15) is 24.1 Å². The molecule has 2 aromatic heterocycles. The number of carbonyl (C=O) groups excluding carboxylic acids is 1. The number of aromatic amines is 1. The molecule has 3 aromatic rings. The molecule has 2 aliphatic heterocycles. The van der Waals surface area contributed by atoms with Gasteiger partial charge in [0.2, 0.25) is 5.91 Å². The molecular formula is C22H24N4O3. The van der Waals surface area contributed by atoms with Crippen molar-refractivity contribution in [2.45, 2.75) is 38.0 Å². The summed E-state index contributed by atoms with van der Waals surface area (Å²) in [5.41, 5.74) is 3.94. The van der Waals surface area contributed by atoms with Gasteiger partial charge in [-0.15, -0.1) is 0 Å². The number of benzene rings is 1. The van der Waals surface area contributed by atoms with E-state index >= 15 is 0 Å². The van der Waals surface area contributed by atoms with Crippen molar-refractivity contribution in [1.82, 2.24) is 14.9 Å². The number of anilines is 1. The number of aliphatic hydroxyl groups excluding tert-OH is 1. The molecule has 1 amide bonds. The van der Waals surface area contributed by atoms with Crippen molar-refractivity contribution >= 4 is 22.6 Å². The second-order valence-corrected chi connectivity index (χ2v) is 7.85. The molecule has 1 aromatic carbocycles. The van der Waals surface area contributed by atoms with Gasteiger partial charge in [-0.3, -0.25) is 9.69 Å². The van der Waals surface area contributed by atoms with E-state index in [0.717, 1.165) is 59.7 Å². The van der Waals surface area contributed by atoms with E-state index in [1.807, 2.05) is 30.3 Å². The highest BCUT2D eigenvalue weighted by Crippen LogP contribution is 2.29. The normalized spacial score (nSPS) is 22.3. The molecule has 7 nitrogen and oxygen atoms in total. The minimum Gasteiger partial charge on any atom is -0.488 e. The van der Waals surface area contributed by atoms with Crippen LogP contribution in [0.3, 0.4) is 0 Å². The van der Waals surface area contributed by atoms with E-state index in [-0.39, 0.29) is 12.0 Å². The van der Waals surface area contributed by atoms with Crippen LogP contribution in [-0.2, 0) is 17.8 Å². The van der Waals surface area contributed by atoms with E-state index in [1.165, 1.54) is 0 Å². The first-order valence-corrected chi connectivity index (χ1v) is 10.1. The maximum atomic E-state index is 11.5. The molecule has 1 fully saturated rings. The molecular weight excluding hydrogens is 368 g/mol. The Bertz CT molecular complexity index is 1010. The zero-order valence-corrected chi connectivity index (χ0v) is 16.1. The third-order valence-electron chi connectivity index (χ3n) is 5.71. The highest BCUT2D eigenvalue weighted by atomic mass is 16.5. The van der Waals surface area contributed by atoms with Crippen LogP contribution in [-0.4, -0.2) is 51.2 Å². The number of nitrogens with one attached hydrogen (secondary N) is 2. The number of likely N-dealkylation sites (tertiary alicyclic amines) is 1. The smallest absolute Gasteiger partial charge is 0.224 e. The molecule has 5 rings (SSSR count). The quantitative estimate of drug-likeness (QED) is 0.635. The van der Waals surface area contributed by atoms with Crippen LogP contribution in [0.2, 0.25) is 0 Å². The molecule has 0 saturated carbocycles. The van der Waals surface area contributed by atoms with Crippen LogP contribution < -0.4 is 10.1 Å². The fraction of sp³-hybridized carbons (Fsp3) is 0.364. The molecule has 3 N–H and O–H groups in total. The number of aromatic nitrogens is 2. The average Bonchev–Trinajstić information content (AvgIpc) is 3.12. The number of β-amino-alcohol motifs (C(OH)–C–C–N with tert-alkyl or cyclic N) is 1. The van der Waals surface area contributed by atoms with Crippen LogP contribution in [0.15, 0.2) is 42.6 Å². The van der Waals surface area contributed by atoms with Gasteiger partial charge < -0.3 is 20.1 Å². The fourth-order valence-electron chi connectivity index (χ4n) is 4.21. The Balaban J connectivity index is 1.20. The van der Waals surface area contributed by atoms with E-state index in [9.17, 15) is 9.90 Å². The van der Waals surface area contributed by atoms with Crippen LogP contribution in [0.5, 0.6) is 5.75 Å². The van der Waals surface area contributed by atoms with E-state index < -0.39 is 6.10 Å². The summed E-state index contributed by atoms with van der Waals surface area (Å²) < 4.78 is 6.10. The van der Waals surface area contributed by atoms with Gasteiger partial charge in [-0.25, -0.2) is 4.98 Å². The minimum absolute atomic E-state index is 0.0553. The maximum absolute atomic E-state index is 11.5. The number of H-pyrrole nitrogens is 1. The molecule has 150 valence electrons. The molecule has 0 radical (unpaired) electrons. The van der Waals surface area contributed by atoms with Crippen LogP contribution in [0.25, 0.3) is 11.0 Å². The van der Waals surface area contributed by atoms with Crippen molar-refractivity contribution in [2.75, 3.05) is 18.4 Å². The van der Waals surface area contributed by atoms with E-state index in [1.54, 1.807) is 6.20 Å². The van der Waals surface area contributed by atoms with Gasteiger partial charge in [0.1, 0.15) is 23.6 Å². The molecule has 0 bridgehead atoms. The number of amides is 1. The SMILES string of the molecule is O=C1CCc2cc(O[C@@H]3CCN(Cc4cc5cccnc5[nH]4)C[C@H]3O)ccc2N1. The number of fused-ring (bicyclic) bond motifs is 2. The van der Waals surface area contributed by atoms with Gasteiger partial charge in [0, 0.05) is 49.0 Å². The lowest BCUT2D eigenvalue weighted by Gasteiger charge is -2.35. The summed E-state index contributed by atoms with van der Waals surface area (Å²) in [5, 5.41) is 14.6. The van der Waals surface area contributed by atoms with Gasteiger partial charge in [0.25, 0.3) is 0 Å². The van der Waals surface area contributed by atoms with Crippen molar-refractivity contribution in [1.29, 1.82) is 0 Å². The number of hydrogen-bond donors (Lipinski definition) is 3. The summed E-state index contributed by atoms with van der Waals surface area (Å²) in [4.78, 5) is 21.4. The first kappa shape index (κ1) is 18.1. The fourth-order valence-corrected chi connectivity index (χ4v) is 4.21.